The maximum Gasteiger partial charge on any atom is 0.376 e. The minimum Gasteiger partial charge on any atom is -0.490 e. The zero-order chi connectivity index (χ0) is 17.8. The number of nitrogens with zero attached hydrogens (tertiary/aromatic N) is 4. The van der Waals surface area contributed by atoms with Gasteiger partial charge in [0.1, 0.15) is 12.4 Å². The summed E-state index contributed by atoms with van der Waals surface area (Å²) in [5, 5.41) is 5.18. The van der Waals surface area contributed by atoms with E-state index >= 15 is 0 Å². The van der Waals surface area contributed by atoms with Gasteiger partial charge >= 0.3 is 5.97 Å². The van der Waals surface area contributed by atoms with Gasteiger partial charge in [-0.3, -0.25) is 0 Å². The predicted octanol–water partition coefficient (Wildman–Crippen LogP) is 2.39. The number of hydrogen-bond donors (Lipinski definition) is 0. The lowest BCUT2D eigenvalue weighted by atomic mass is 10.2. The molecule has 0 aliphatic heterocycles. The summed E-state index contributed by atoms with van der Waals surface area (Å²) >= 11 is 3.47. The topological polar surface area (TPSA) is 88.4 Å². The molecule has 0 saturated carbocycles. The minimum absolute atomic E-state index is 0.0322. The lowest BCUT2D eigenvalue weighted by molar-refractivity contribution is 0.0586. The van der Waals surface area contributed by atoms with E-state index in [1.807, 2.05) is 12.1 Å². The molecule has 0 fully saturated rings. The van der Waals surface area contributed by atoms with Crippen LogP contribution in [0.1, 0.15) is 10.6 Å². The summed E-state index contributed by atoms with van der Waals surface area (Å²) in [5.41, 5.74) is 0.774. The normalized spacial score (nSPS) is 10.8. The van der Waals surface area contributed by atoms with E-state index in [1.54, 1.807) is 24.1 Å². The molecule has 0 amide bonds. The Kier molecular flexibility index (Phi) is 5.25. The van der Waals surface area contributed by atoms with Gasteiger partial charge in [0.05, 0.1) is 30.8 Å². The third-order valence-corrected chi connectivity index (χ3v) is 3.84. The SMILES string of the molecule is COCCOc1cc(Br)cc2c1cnn2-c1ccnc(C(=O)OC)n1. The van der Waals surface area contributed by atoms with Gasteiger partial charge < -0.3 is 14.2 Å². The second kappa shape index (κ2) is 7.58. The summed E-state index contributed by atoms with van der Waals surface area (Å²) in [6.45, 7) is 0.907. The highest BCUT2D eigenvalue weighted by Crippen LogP contribution is 2.31. The largest absolute Gasteiger partial charge is 0.490 e. The van der Waals surface area contributed by atoms with Crippen molar-refractivity contribution in [1.29, 1.82) is 0 Å². The number of carbonyl (C=O) groups is 1. The van der Waals surface area contributed by atoms with Crippen LogP contribution in [0.2, 0.25) is 0 Å². The molecule has 2 heterocycles. The van der Waals surface area contributed by atoms with E-state index in [2.05, 4.69) is 35.7 Å². The third-order valence-electron chi connectivity index (χ3n) is 3.39. The number of carbonyl (C=O) groups excluding carboxylic acids is 1. The van der Waals surface area contributed by atoms with Crippen LogP contribution in [-0.4, -0.2) is 53.2 Å². The maximum absolute atomic E-state index is 11.6. The van der Waals surface area contributed by atoms with Gasteiger partial charge in [-0.05, 0) is 12.1 Å². The van der Waals surface area contributed by atoms with Crippen molar-refractivity contribution < 1.29 is 19.0 Å². The van der Waals surface area contributed by atoms with E-state index in [4.69, 9.17) is 9.47 Å². The number of fused-ring (bicyclic) bond motifs is 1. The Balaban J connectivity index is 2.05. The second-order valence-electron chi connectivity index (χ2n) is 4.96. The quantitative estimate of drug-likeness (QED) is 0.458. The molecule has 0 atom stereocenters. The molecule has 3 aromatic rings. The Hall–Kier alpha value is -2.52. The Morgan fingerprint density at radius 2 is 2.12 bits per heavy atom. The van der Waals surface area contributed by atoms with E-state index in [9.17, 15) is 4.79 Å². The van der Waals surface area contributed by atoms with Crippen molar-refractivity contribution in [3.8, 4) is 11.6 Å². The van der Waals surface area contributed by atoms with Crippen LogP contribution >= 0.6 is 15.9 Å². The van der Waals surface area contributed by atoms with Gasteiger partial charge in [-0.2, -0.15) is 5.10 Å². The van der Waals surface area contributed by atoms with Crippen LogP contribution in [-0.2, 0) is 9.47 Å². The number of benzene rings is 1. The number of aromatic nitrogens is 4. The van der Waals surface area contributed by atoms with Crippen molar-refractivity contribution in [2.75, 3.05) is 27.4 Å². The van der Waals surface area contributed by atoms with Crippen LogP contribution in [0.15, 0.2) is 35.1 Å². The molecular weight excluding hydrogens is 392 g/mol. The van der Waals surface area contributed by atoms with Crippen molar-refractivity contribution in [2.24, 2.45) is 0 Å². The third kappa shape index (κ3) is 3.62. The van der Waals surface area contributed by atoms with Gasteiger partial charge in [0, 0.05) is 23.8 Å². The van der Waals surface area contributed by atoms with E-state index in [0.29, 0.717) is 24.8 Å². The van der Waals surface area contributed by atoms with Crippen LogP contribution in [0.25, 0.3) is 16.7 Å². The molecular formula is C16H15BrN4O4. The number of halogens is 1. The highest BCUT2D eigenvalue weighted by Gasteiger charge is 2.15. The van der Waals surface area contributed by atoms with Crippen molar-refractivity contribution in [3.05, 3.63) is 40.9 Å². The van der Waals surface area contributed by atoms with Gasteiger partial charge in [0.2, 0.25) is 5.82 Å². The summed E-state index contributed by atoms with van der Waals surface area (Å²) in [7, 11) is 2.90. The number of ether oxygens (including phenoxy) is 3. The summed E-state index contributed by atoms with van der Waals surface area (Å²) in [6.07, 6.45) is 3.17. The Bertz CT molecular complexity index is 912. The average Bonchev–Trinajstić information content (AvgIpc) is 3.05. The molecule has 0 unspecified atom stereocenters. The first-order valence-corrected chi connectivity index (χ1v) is 8.14. The van der Waals surface area contributed by atoms with Crippen molar-refractivity contribution in [3.63, 3.8) is 0 Å². The summed E-state index contributed by atoms with van der Waals surface area (Å²) in [6, 6.07) is 5.42. The molecule has 130 valence electrons. The van der Waals surface area contributed by atoms with E-state index < -0.39 is 5.97 Å². The highest BCUT2D eigenvalue weighted by molar-refractivity contribution is 9.10. The standard InChI is InChI=1S/C16H15BrN4O4/c1-23-5-6-25-13-8-10(17)7-12-11(13)9-19-21(12)14-3-4-18-15(20-14)16(22)24-2/h3-4,7-9H,5-6H2,1-2H3. The van der Waals surface area contributed by atoms with Crippen molar-refractivity contribution >= 4 is 32.8 Å². The summed E-state index contributed by atoms with van der Waals surface area (Å²) in [5.74, 6) is 0.486. The van der Waals surface area contributed by atoms with Crippen LogP contribution in [0, 0.1) is 0 Å². The fourth-order valence-corrected chi connectivity index (χ4v) is 2.68. The second-order valence-corrected chi connectivity index (χ2v) is 5.88. The van der Waals surface area contributed by atoms with Crippen LogP contribution in [0.5, 0.6) is 5.75 Å². The van der Waals surface area contributed by atoms with Crippen molar-refractivity contribution in [1.82, 2.24) is 19.7 Å². The monoisotopic (exact) mass is 406 g/mol. The number of methoxy groups -OCH3 is 2. The van der Waals surface area contributed by atoms with Gasteiger partial charge in [0.15, 0.2) is 5.82 Å². The molecule has 0 radical (unpaired) electrons. The molecule has 3 rings (SSSR count). The van der Waals surface area contributed by atoms with Crippen molar-refractivity contribution in [2.45, 2.75) is 0 Å². The van der Waals surface area contributed by atoms with E-state index in [0.717, 1.165) is 15.4 Å². The molecule has 9 heteroatoms. The first-order chi connectivity index (χ1) is 12.1. The molecule has 0 spiro atoms. The molecule has 0 bridgehead atoms. The fourth-order valence-electron chi connectivity index (χ4n) is 2.26. The van der Waals surface area contributed by atoms with Gasteiger partial charge in [-0.1, -0.05) is 15.9 Å². The smallest absolute Gasteiger partial charge is 0.376 e. The van der Waals surface area contributed by atoms with E-state index in [-0.39, 0.29) is 5.82 Å². The molecule has 0 aliphatic carbocycles. The van der Waals surface area contributed by atoms with Gasteiger partial charge in [-0.25, -0.2) is 19.4 Å². The molecule has 0 N–H and O–H groups in total. The Morgan fingerprint density at radius 3 is 2.88 bits per heavy atom. The molecule has 0 saturated heterocycles. The molecule has 0 aliphatic rings. The molecule has 2 aromatic heterocycles. The zero-order valence-corrected chi connectivity index (χ0v) is 15.2. The average molecular weight is 407 g/mol. The Labute approximate surface area is 151 Å². The first kappa shape index (κ1) is 17.3. The van der Waals surface area contributed by atoms with Crippen LogP contribution in [0.3, 0.4) is 0 Å². The van der Waals surface area contributed by atoms with E-state index in [1.165, 1.54) is 13.3 Å². The molecule has 25 heavy (non-hydrogen) atoms. The minimum atomic E-state index is -0.608. The van der Waals surface area contributed by atoms with Crippen LogP contribution in [0.4, 0.5) is 0 Å². The maximum atomic E-state index is 11.6. The zero-order valence-electron chi connectivity index (χ0n) is 13.6. The fraction of sp³-hybridized carbons (Fsp3) is 0.250. The summed E-state index contributed by atoms with van der Waals surface area (Å²) in [4.78, 5) is 19.8. The number of esters is 1. The van der Waals surface area contributed by atoms with Gasteiger partial charge in [0.25, 0.3) is 0 Å². The lowest BCUT2D eigenvalue weighted by Crippen LogP contribution is -2.10. The van der Waals surface area contributed by atoms with Crippen LogP contribution < -0.4 is 4.74 Å². The number of hydrogen-bond acceptors (Lipinski definition) is 7. The first-order valence-electron chi connectivity index (χ1n) is 7.35. The predicted molar refractivity (Wildman–Crippen MR) is 93.1 cm³/mol. The molecule has 8 nitrogen and oxygen atoms in total. The Morgan fingerprint density at radius 1 is 1.28 bits per heavy atom. The summed E-state index contributed by atoms with van der Waals surface area (Å²) < 4.78 is 17.9. The number of rotatable bonds is 6. The molecule has 1 aromatic carbocycles. The lowest BCUT2D eigenvalue weighted by Gasteiger charge is -2.09. The van der Waals surface area contributed by atoms with Gasteiger partial charge in [-0.15, -0.1) is 0 Å². The highest BCUT2D eigenvalue weighted by atomic mass is 79.9.